The summed E-state index contributed by atoms with van der Waals surface area (Å²) in [6, 6.07) is 19.8. The Morgan fingerprint density at radius 3 is 2.52 bits per heavy atom. The molecule has 29 heavy (non-hydrogen) atoms. The van der Waals surface area contributed by atoms with Gasteiger partial charge in [0.05, 0.1) is 10.6 Å². The van der Waals surface area contributed by atoms with E-state index in [4.69, 9.17) is 16.3 Å². The molecule has 0 saturated carbocycles. The summed E-state index contributed by atoms with van der Waals surface area (Å²) in [4.78, 5) is 26.5. The SMILES string of the molecule is O=C(COc1cccc(C=Nc2ccc([N+](=O)[O-])cc2)c1)Nc1ccc(Cl)cc1. The molecule has 3 aromatic rings. The highest BCUT2D eigenvalue weighted by Crippen LogP contribution is 2.19. The maximum Gasteiger partial charge on any atom is 0.269 e. The topological polar surface area (TPSA) is 93.8 Å². The second-order valence-electron chi connectivity index (χ2n) is 5.95. The predicted octanol–water partition coefficient (Wildman–Crippen LogP) is 5.02. The number of anilines is 1. The fourth-order valence-corrected chi connectivity index (χ4v) is 2.50. The molecular weight excluding hydrogens is 394 g/mol. The zero-order valence-electron chi connectivity index (χ0n) is 15.1. The van der Waals surface area contributed by atoms with Crippen LogP contribution in [0, 0.1) is 10.1 Å². The van der Waals surface area contributed by atoms with Crippen LogP contribution in [0.15, 0.2) is 77.8 Å². The summed E-state index contributed by atoms with van der Waals surface area (Å²) >= 11 is 5.81. The lowest BCUT2D eigenvalue weighted by atomic mass is 10.2. The molecule has 3 aromatic carbocycles. The molecule has 0 radical (unpaired) electrons. The van der Waals surface area contributed by atoms with Gasteiger partial charge in [-0.25, -0.2) is 0 Å². The number of hydrogen-bond acceptors (Lipinski definition) is 5. The van der Waals surface area contributed by atoms with Gasteiger partial charge in [-0.15, -0.1) is 0 Å². The van der Waals surface area contributed by atoms with Crippen molar-refractivity contribution in [3.05, 3.63) is 93.5 Å². The molecule has 0 aromatic heterocycles. The number of carbonyl (C=O) groups excluding carboxylic acids is 1. The number of aliphatic imine (C=N–C) groups is 1. The minimum Gasteiger partial charge on any atom is -0.484 e. The molecule has 0 saturated heterocycles. The number of ether oxygens (including phenoxy) is 1. The van der Waals surface area contributed by atoms with Gasteiger partial charge in [0.25, 0.3) is 11.6 Å². The van der Waals surface area contributed by atoms with Crippen LogP contribution in [-0.2, 0) is 4.79 Å². The second-order valence-corrected chi connectivity index (χ2v) is 6.38. The van der Waals surface area contributed by atoms with E-state index < -0.39 is 4.92 Å². The normalized spacial score (nSPS) is 10.7. The lowest BCUT2D eigenvalue weighted by Crippen LogP contribution is -2.20. The van der Waals surface area contributed by atoms with Gasteiger partial charge in [0, 0.05) is 29.1 Å². The smallest absolute Gasteiger partial charge is 0.269 e. The van der Waals surface area contributed by atoms with E-state index >= 15 is 0 Å². The summed E-state index contributed by atoms with van der Waals surface area (Å²) in [6.45, 7) is -0.147. The minimum atomic E-state index is -0.461. The van der Waals surface area contributed by atoms with Crippen LogP contribution in [0.5, 0.6) is 5.75 Å². The number of amides is 1. The van der Waals surface area contributed by atoms with E-state index in [2.05, 4.69) is 10.3 Å². The van der Waals surface area contributed by atoms with Gasteiger partial charge in [-0.05, 0) is 54.1 Å². The first kappa shape index (κ1) is 20.0. The van der Waals surface area contributed by atoms with Gasteiger partial charge in [0.1, 0.15) is 5.75 Å². The average Bonchev–Trinajstić information content (AvgIpc) is 2.73. The molecule has 146 valence electrons. The van der Waals surface area contributed by atoms with Crippen LogP contribution in [0.25, 0.3) is 0 Å². The molecule has 1 N–H and O–H groups in total. The average molecular weight is 410 g/mol. The van der Waals surface area contributed by atoms with Crippen LogP contribution >= 0.6 is 11.6 Å². The van der Waals surface area contributed by atoms with Crippen molar-refractivity contribution in [3.63, 3.8) is 0 Å². The van der Waals surface area contributed by atoms with Crippen molar-refractivity contribution in [3.8, 4) is 5.75 Å². The number of nitrogens with zero attached hydrogens (tertiary/aromatic N) is 2. The molecule has 0 aliphatic rings. The van der Waals surface area contributed by atoms with Crippen molar-refractivity contribution < 1.29 is 14.5 Å². The van der Waals surface area contributed by atoms with Crippen molar-refractivity contribution in [1.82, 2.24) is 0 Å². The first-order valence-corrected chi connectivity index (χ1v) is 8.94. The number of rotatable bonds is 7. The predicted molar refractivity (Wildman–Crippen MR) is 112 cm³/mol. The Labute approximate surface area is 171 Å². The van der Waals surface area contributed by atoms with E-state index in [9.17, 15) is 14.9 Å². The highest BCUT2D eigenvalue weighted by molar-refractivity contribution is 6.30. The zero-order chi connectivity index (χ0) is 20.6. The third-order valence-electron chi connectivity index (χ3n) is 3.78. The number of nitro groups is 1. The van der Waals surface area contributed by atoms with E-state index in [1.807, 2.05) is 6.07 Å². The Balaban J connectivity index is 1.56. The molecular formula is C21H16ClN3O4. The number of nitrogens with one attached hydrogen (secondary N) is 1. The zero-order valence-corrected chi connectivity index (χ0v) is 15.9. The van der Waals surface area contributed by atoms with Gasteiger partial charge in [-0.1, -0.05) is 23.7 Å². The van der Waals surface area contributed by atoms with Crippen molar-refractivity contribution in [1.29, 1.82) is 0 Å². The van der Waals surface area contributed by atoms with Crippen LogP contribution in [0.2, 0.25) is 5.02 Å². The summed E-state index contributed by atoms with van der Waals surface area (Å²) in [5, 5.41) is 14.0. The molecule has 0 fully saturated rings. The fourth-order valence-electron chi connectivity index (χ4n) is 2.37. The van der Waals surface area contributed by atoms with Gasteiger partial charge in [-0.3, -0.25) is 19.9 Å². The summed E-state index contributed by atoms with van der Waals surface area (Å²) in [7, 11) is 0. The van der Waals surface area contributed by atoms with Gasteiger partial charge < -0.3 is 10.1 Å². The number of non-ortho nitro benzene ring substituents is 1. The monoisotopic (exact) mass is 409 g/mol. The summed E-state index contributed by atoms with van der Waals surface area (Å²) in [5.74, 6) is 0.223. The quantitative estimate of drug-likeness (QED) is 0.337. The number of halogens is 1. The Kier molecular flexibility index (Phi) is 6.55. The van der Waals surface area contributed by atoms with Gasteiger partial charge in [-0.2, -0.15) is 0 Å². The largest absolute Gasteiger partial charge is 0.484 e. The Bertz CT molecular complexity index is 1030. The van der Waals surface area contributed by atoms with Crippen molar-refractivity contribution in [2.75, 3.05) is 11.9 Å². The summed E-state index contributed by atoms with van der Waals surface area (Å²) < 4.78 is 5.52. The van der Waals surface area contributed by atoms with E-state index in [1.54, 1.807) is 60.8 Å². The van der Waals surface area contributed by atoms with Crippen molar-refractivity contribution in [2.24, 2.45) is 4.99 Å². The van der Waals surface area contributed by atoms with Crippen LogP contribution in [0.3, 0.4) is 0 Å². The first-order valence-electron chi connectivity index (χ1n) is 8.56. The minimum absolute atomic E-state index is 0.0104. The lowest BCUT2D eigenvalue weighted by molar-refractivity contribution is -0.384. The molecule has 0 unspecified atom stereocenters. The van der Waals surface area contributed by atoms with Gasteiger partial charge in [0.15, 0.2) is 6.61 Å². The van der Waals surface area contributed by atoms with E-state index in [1.165, 1.54) is 12.1 Å². The third kappa shape index (κ3) is 6.15. The van der Waals surface area contributed by atoms with Gasteiger partial charge >= 0.3 is 0 Å². The van der Waals surface area contributed by atoms with E-state index in [0.29, 0.717) is 22.1 Å². The third-order valence-corrected chi connectivity index (χ3v) is 4.03. The Morgan fingerprint density at radius 1 is 1.10 bits per heavy atom. The van der Waals surface area contributed by atoms with Crippen LogP contribution < -0.4 is 10.1 Å². The maximum atomic E-state index is 12.0. The molecule has 0 spiro atoms. The molecule has 0 aliphatic heterocycles. The maximum absolute atomic E-state index is 12.0. The second kappa shape index (κ2) is 9.48. The number of nitro benzene ring substituents is 1. The van der Waals surface area contributed by atoms with Crippen LogP contribution in [0.1, 0.15) is 5.56 Å². The van der Waals surface area contributed by atoms with Crippen molar-refractivity contribution >= 4 is 40.8 Å². The highest BCUT2D eigenvalue weighted by Gasteiger charge is 2.05. The number of carbonyl (C=O) groups is 1. The first-order chi connectivity index (χ1) is 14.0. The summed E-state index contributed by atoms with van der Waals surface area (Å²) in [6.07, 6.45) is 1.61. The van der Waals surface area contributed by atoms with Crippen LogP contribution in [0.4, 0.5) is 17.1 Å². The number of benzene rings is 3. The van der Waals surface area contributed by atoms with Crippen molar-refractivity contribution in [2.45, 2.75) is 0 Å². The lowest BCUT2D eigenvalue weighted by Gasteiger charge is -2.08. The van der Waals surface area contributed by atoms with Gasteiger partial charge in [0.2, 0.25) is 0 Å². The molecule has 8 heteroatoms. The molecule has 3 rings (SSSR count). The molecule has 0 aliphatic carbocycles. The molecule has 7 nitrogen and oxygen atoms in total. The number of hydrogen-bond donors (Lipinski definition) is 1. The summed E-state index contributed by atoms with van der Waals surface area (Å²) in [5.41, 5.74) is 1.99. The molecule has 1 amide bonds. The van der Waals surface area contributed by atoms with Crippen LogP contribution in [-0.4, -0.2) is 23.7 Å². The Hall–Kier alpha value is -3.71. The molecule has 0 heterocycles. The Morgan fingerprint density at radius 2 is 1.83 bits per heavy atom. The van der Waals surface area contributed by atoms with E-state index in [0.717, 1.165) is 5.56 Å². The van der Waals surface area contributed by atoms with E-state index in [-0.39, 0.29) is 18.2 Å². The fraction of sp³-hybridized carbons (Fsp3) is 0.0476. The highest BCUT2D eigenvalue weighted by atomic mass is 35.5. The molecule has 0 atom stereocenters. The molecule has 0 bridgehead atoms. The standard InChI is InChI=1S/C21H16ClN3O4/c22-16-4-6-18(7-5-16)24-21(26)14-29-20-3-1-2-15(12-20)13-23-17-8-10-19(11-9-17)25(27)28/h1-13H,14H2,(H,24,26).